The molecule has 0 fully saturated rings. The second-order valence-electron chi connectivity index (χ2n) is 25.6. The molecule has 0 spiro atoms. The third-order valence-electron chi connectivity index (χ3n) is 13.5. The fourth-order valence-corrected chi connectivity index (χ4v) is 11.8. The van der Waals surface area contributed by atoms with Gasteiger partial charge in [-0.15, -0.1) is 22.7 Å². The van der Waals surface area contributed by atoms with Gasteiger partial charge >= 0.3 is 18.0 Å². The molecule has 5 rings (SSSR count). The largest absolute Gasteiger partial charge is 0.456 e. The number of amides is 7. The molecule has 6 atom stereocenters. The van der Waals surface area contributed by atoms with Gasteiger partial charge in [-0.1, -0.05) is 117 Å². The molecule has 5 radical (unpaired) electrons. The third kappa shape index (κ3) is 40.7. The molecule has 4 bridgehead atoms. The average molecular weight is 1730 g/mol. The molecule has 2 aliphatic heterocycles. The van der Waals surface area contributed by atoms with Crippen LogP contribution in [0.25, 0.3) is 0 Å². The first kappa shape index (κ1) is 105. The van der Waals surface area contributed by atoms with Crippen molar-refractivity contribution in [1.82, 2.24) is 47.2 Å². The van der Waals surface area contributed by atoms with Crippen LogP contribution in [0.4, 0.5) is 4.79 Å². The number of nitrogens with zero attached hydrogens (tertiary/aromatic N) is 2. The van der Waals surface area contributed by atoms with E-state index in [2.05, 4.69) is 76.7 Å². The fraction of sp³-hybridized carbons (Fsp3) is 0.574. The number of aromatic nitrogens is 2. The van der Waals surface area contributed by atoms with E-state index < -0.39 is 111 Å². The topological polar surface area (TPSA) is 406 Å². The summed E-state index contributed by atoms with van der Waals surface area (Å²) in [6.45, 7) is 32.9. The van der Waals surface area contributed by atoms with Crippen LogP contribution in [0.1, 0.15) is 182 Å². The number of hydrogen-bond donors (Lipinski definition) is 9. The molecule has 2 aliphatic rings. The fourth-order valence-electron chi connectivity index (χ4n) is 7.98. The van der Waals surface area contributed by atoms with Gasteiger partial charge in [-0.3, -0.25) is 47.3 Å². The standard InChI is InChI=1S/C31H47N5O8S2.C26H39N5O6S2.C6H6O3S.C2H4I.C2H5.CH4.B.2V/c1-17(2)23-26(39)43-19(12-10-11-13-45-27(40)24(18(3)4)35-29(42)44-30(5,6)7)14-21(37)32-15-22-33-20(16-46-22)25(38)36-31(8,9)28(41)34-23;1-14(2)20(27)24(35)38-10-8-7-9-16-11-18(32)28-12-19-29-17(13-39-19)22(33)31-26(5,6)25(36)30-21(15(3)4)23(34)37-16;7-10(8,9)6-4-2-1-3-5-6;1-2-3;1-2;;;;/h10,12,16-19,23-24H,11,13-15H2,1-9H3,(H,32,37)(H,34,41)(H,35,42)(H,36,38);7,9,13-16,20-21H,8,10-12,27H2,1-6H3,(H,28,32)(H,30,36)(H,31,33);1-5H,(H,7,8,9);2H,1H3;1H2,2H3;1H4;;;/q;;;2*-1;;;;/b12-10+;9-7+;;;;;;;/t19-,23+,24+;16-,20+,21+;;;;;;;/m11......./s1. The van der Waals surface area contributed by atoms with Gasteiger partial charge in [-0.2, -0.15) is 22.3 Å². The van der Waals surface area contributed by atoms with E-state index in [1.54, 1.807) is 103 Å². The molecule has 3 aromatic rings. The average Bonchev–Trinajstić information content (AvgIpc) is 1.39. The Morgan fingerprint density at radius 2 is 1.11 bits per heavy atom. The van der Waals surface area contributed by atoms with Gasteiger partial charge in [0, 0.05) is 67.8 Å². The van der Waals surface area contributed by atoms with E-state index in [9.17, 15) is 61.2 Å². The number of ether oxygens (including phenoxy) is 3. The van der Waals surface area contributed by atoms with Crippen LogP contribution in [-0.4, -0.2) is 160 Å². The summed E-state index contributed by atoms with van der Waals surface area (Å²) in [6, 6.07) is 4.08. The number of rotatable bonds is 16. The number of benzene rings is 1. The normalized spacial score (nSPS) is 18.6. The molecule has 0 saturated heterocycles. The zero-order chi connectivity index (χ0) is 76.5. The molecule has 581 valence electrons. The maximum absolute atomic E-state index is 13.3. The summed E-state index contributed by atoms with van der Waals surface area (Å²) in [4.78, 5) is 149. The Bertz CT molecular complexity index is 3370. The van der Waals surface area contributed by atoms with Crippen LogP contribution >= 0.6 is 68.8 Å². The van der Waals surface area contributed by atoms with Crippen molar-refractivity contribution in [2.75, 3.05) is 11.5 Å². The minimum atomic E-state index is -4.00. The number of alkyl carbamates (subject to hydrolysis) is 1. The Balaban J connectivity index is -0.000000781. The van der Waals surface area contributed by atoms with Gasteiger partial charge in [0.2, 0.25) is 33.9 Å². The van der Waals surface area contributed by atoms with E-state index >= 15 is 0 Å². The van der Waals surface area contributed by atoms with Crippen molar-refractivity contribution < 1.29 is 117 Å². The van der Waals surface area contributed by atoms with Gasteiger partial charge in [0.15, 0.2) is 0 Å². The van der Waals surface area contributed by atoms with Crippen LogP contribution in [0.2, 0.25) is 0 Å². The molecule has 7 amide bonds. The molecule has 1 aromatic carbocycles. The van der Waals surface area contributed by atoms with Gasteiger partial charge in [0.05, 0.1) is 36.9 Å². The molecule has 104 heavy (non-hydrogen) atoms. The number of hydrogen-bond acceptors (Lipinski definition) is 23. The molecular weight excluding hydrogens is 1630 g/mol. The Kier molecular flexibility index (Phi) is 52.6. The number of thioether (sulfide) groups is 2. The number of carbonyl (C=O) groups excluding carboxylic acids is 11. The van der Waals surface area contributed by atoms with Crippen molar-refractivity contribution in [2.24, 2.45) is 29.4 Å². The van der Waals surface area contributed by atoms with Gasteiger partial charge in [-0.25, -0.2) is 24.4 Å². The summed E-state index contributed by atoms with van der Waals surface area (Å²) < 4.78 is 47.9. The van der Waals surface area contributed by atoms with Crippen LogP contribution in [0, 0.1) is 35.0 Å². The Hall–Kier alpha value is -5.14. The SMILES string of the molecule is C.CC(C)[C@@H]1NC(=O)C(C)(C)NC(=O)c2csc(n2)CNC(=O)C[C@@H](/C=C/CCSC(=O)[C@@H](NC(=O)OC(C)(C)C)C(C)C)OC1=O.CC(C)[C@H](N)C(=O)SCC/C=C/[C@@H]1CC(=O)NCc2nc(cs2)C(=O)NC(C)(C)C(=O)N[C@@H](C(C)C)C(=O)O1.C[CH-]I.O=S(=O)(O)c1ccccc1.[B].[CH2-]C.[V].[V]. The first-order chi connectivity index (χ1) is 46.5. The summed E-state index contributed by atoms with van der Waals surface area (Å²) in [5.41, 5.74) is 2.71. The quantitative estimate of drug-likeness (QED) is 0.00943. The van der Waals surface area contributed by atoms with Crippen molar-refractivity contribution in [3.05, 3.63) is 98.2 Å². The number of allylic oxidation sites excluding steroid dienone is 2. The van der Waals surface area contributed by atoms with Crippen molar-refractivity contribution >= 4 is 151 Å². The van der Waals surface area contributed by atoms with Gasteiger partial charge in [0.25, 0.3) is 21.9 Å². The summed E-state index contributed by atoms with van der Waals surface area (Å²) in [6.07, 6.45) is 4.66. The van der Waals surface area contributed by atoms with Gasteiger partial charge in [0.1, 0.15) is 68.4 Å². The number of fused-ring (bicyclic) bond motifs is 4. The molecular formula is C68H105BIN10O17S5V2-2. The summed E-state index contributed by atoms with van der Waals surface area (Å²) >= 11 is 6.74. The molecule has 27 nitrogen and oxygen atoms in total. The zero-order valence-corrected chi connectivity index (χ0v) is 70.4. The molecule has 0 saturated carbocycles. The second-order valence-corrected chi connectivity index (χ2v) is 32.4. The van der Waals surface area contributed by atoms with Crippen LogP contribution in [0.3, 0.4) is 0 Å². The van der Waals surface area contributed by atoms with Crippen LogP contribution in [0.15, 0.2) is 70.3 Å². The van der Waals surface area contributed by atoms with E-state index in [-0.39, 0.29) is 135 Å². The van der Waals surface area contributed by atoms with E-state index in [1.807, 2.05) is 39.0 Å². The number of esters is 2. The summed E-state index contributed by atoms with van der Waals surface area (Å²) in [5, 5.41) is 22.5. The molecule has 36 heteroatoms. The van der Waals surface area contributed by atoms with E-state index in [0.29, 0.717) is 34.4 Å². The smallest absolute Gasteiger partial charge is 0.408 e. The van der Waals surface area contributed by atoms with E-state index in [1.165, 1.54) is 67.9 Å². The maximum atomic E-state index is 13.3. The van der Waals surface area contributed by atoms with Crippen LogP contribution in [-0.2, 0) is 113 Å². The van der Waals surface area contributed by atoms with Crippen molar-refractivity contribution in [3.8, 4) is 0 Å². The number of halogens is 1. The maximum Gasteiger partial charge on any atom is 0.408 e. The predicted octanol–water partition coefficient (Wildman–Crippen LogP) is 9.02. The van der Waals surface area contributed by atoms with Crippen molar-refractivity contribution in [3.63, 3.8) is 0 Å². The first-order valence-corrected chi connectivity index (χ1v) is 38.6. The van der Waals surface area contributed by atoms with Gasteiger partial charge in [-0.05, 0) is 109 Å². The minimum absolute atomic E-state index is 0. The number of thiazole rings is 2. The van der Waals surface area contributed by atoms with E-state index in [4.69, 9.17) is 24.5 Å². The number of nitrogens with one attached hydrogen (secondary N) is 7. The summed E-state index contributed by atoms with van der Waals surface area (Å²) in [5.74, 6) is -4.47. The van der Waals surface area contributed by atoms with Crippen LogP contribution in [0.5, 0.6) is 0 Å². The number of carbonyl (C=O) groups is 11. The van der Waals surface area contributed by atoms with E-state index in [0.717, 1.165) is 23.5 Å². The zero-order valence-electron chi connectivity index (χ0n) is 61.4. The Labute approximate surface area is 670 Å². The van der Waals surface area contributed by atoms with Crippen LogP contribution < -0.4 is 43.0 Å². The second kappa shape index (κ2) is 52.0. The third-order valence-corrected chi connectivity index (χ3v) is 18.1. The molecule has 2 aromatic heterocycles. The first-order valence-electron chi connectivity index (χ1n) is 32.1. The molecule has 0 aliphatic carbocycles. The van der Waals surface area contributed by atoms with Crippen molar-refractivity contribution in [2.45, 2.75) is 222 Å². The monoisotopic (exact) mass is 1730 g/mol. The number of nitrogens with two attached hydrogens (primary N) is 1. The molecule has 4 heterocycles. The van der Waals surface area contributed by atoms with Gasteiger partial charge < -0.3 is 86.7 Å². The summed E-state index contributed by atoms with van der Waals surface area (Å²) in [7, 11) is -4.00. The van der Waals surface area contributed by atoms with Crippen molar-refractivity contribution in [1.29, 1.82) is 0 Å². The molecule has 10 N–H and O–H groups in total. The number of cyclic esters (lactones) is 2. The Morgan fingerprint density at radius 1 is 0.731 bits per heavy atom. The Morgan fingerprint density at radius 3 is 1.43 bits per heavy atom. The minimum Gasteiger partial charge on any atom is -0.456 e. The predicted molar refractivity (Wildman–Crippen MR) is 411 cm³/mol. The molecule has 0 unspecified atom stereocenters.